The molecule has 0 saturated heterocycles. The van der Waals surface area contributed by atoms with Gasteiger partial charge in [0.05, 0.1) is 9.82 Å². The number of para-hydroxylation sites is 1. The minimum atomic E-state index is -1.32. The number of carboxylic acid groups (broad SMARTS) is 1. The number of hydrogen-bond acceptors (Lipinski definition) is 5. The van der Waals surface area contributed by atoms with Gasteiger partial charge in [-0.1, -0.05) is 6.07 Å². The lowest BCUT2D eigenvalue weighted by Gasteiger charge is -2.04. The summed E-state index contributed by atoms with van der Waals surface area (Å²) in [5, 5.41) is 28.3. The van der Waals surface area contributed by atoms with Crippen LogP contribution in [0.5, 0.6) is 0 Å². The van der Waals surface area contributed by atoms with E-state index in [1.54, 1.807) is 0 Å². The van der Waals surface area contributed by atoms with Crippen molar-refractivity contribution in [2.75, 3.05) is 12.4 Å². The van der Waals surface area contributed by atoms with E-state index in [9.17, 15) is 14.9 Å². The van der Waals surface area contributed by atoms with Crippen LogP contribution >= 0.6 is 11.8 Å². The number of benzene rings is 1. The van der Waals surface area contributed by atoms with Crippen molar-refractivity contribution < 1.29 is 19.9 Å². The molecule has 0 radical (unpaired) electrons. The van der Waals surface area contributed by atoms with Crippen LogP contribution in [0.1, 0.15) is 16.8 Å². The van der Waals surface area contributed by atoms with E-state index in [0.717, 1.165) is 0 Å². The normalized spacial score (nSPS) is 10.2. The van der Waals surface area contributed by atoms with Gasteiger partial charge in [-0.25, -0.2) is 4.79 Å². The molecular formula is C10H11NO5S. The van der Waals surface area contributed by atoms with Crippen molar-refractivity contribution in [1.29, 1.82) is 0 Å². The fourth-order valence-electron chi connectivity index (χ4n) is 1.25. The zero-order valence-corrected chi connectivity index (χ0v) is 9.64. The van der Waals surface area contributed by atoms with Gasteiger partial charge in [-0.05, 0) is 18.6 Å². The molecule has 0 amide bonds. The van der Waals surface area contributed by atoms with E-state index >= 15 is 0 Å². The van der Waals surface area contributed by atoms with Crippen LogP contribution in [0, 0.1) is 10.1 Å². The Hall–Kier alpha value is -1.60. The molecule has 0 aliphatic rings. The smallest absolute Gasteiger partial charge is 0.342 e. The molecule has 0 aliphatic heterocycles. The first kappa shape index (κ1) is 13.5. The maximum Gasteiger partial charge on any atom is 0.342 e. The Bertz CT molecular complexity index is 435. The molecule has 2 N–H and O–H groups in total. The number of nitro groups is 1. The van der Waals surface area contributed by atoms with Crippen LogP contribution in [0.2, 0.25) is 0 Å². The van der Waals surface area contributed by atoms with Crippen molar-refractivity contribution >= 4 is 23.4 Å². The molecule has 17 heavy (non-hydrogen) atoms. The molecule has 0 unspecified atom stereocenters. The van der Waals surface area contributed by atoms with E-state index in [0.29, 0.717) is 17.1 Å². The second kappa shape index (κ2) is 6.21. The number of rotatable bonds is 6. The molecule has 0 aromatic heterocycles. The van der Waals surface area contributed by atoms with Gasteiger partial charge in [0, 0.05) is 12.4 Å². The predicted molar refractivity (Wildman–Crippen MR) is 62.5 cm³/mol. The summed E-state index contributed by atoms with van der Waals surface area (Å²) in [5.74, 6) is -0.818. The number of thioether (sulfide) groups is 1. The van der Waals surface area contributed by atoms with E-state index in [1.807, 2.05) is 0 Å². The van der Waals surface area contributed by atoms with Crippen LogP contribution in [0.15, 0.2) is 23.1 Å². The monoisotopic (exact) mass is 257 g/mol. The fraction of sp³-hybridized carbons (Fsp3) is 0.300. The standard InChI is InChI=1S/C10H11NO5S/c12-5-2-6-17-8-4-1-3-7(10(13)14)9(8)11(15)16/h1,3-4,12H,2,5-6H2,(H,13,14). The summed E-state index contributed by atoms with van der Waals surface area (Å²) in [4.78, 5) is 21.3. The molecule has 6 nitrogen and oxygen atoms in total. The third kappa shape index (κ3) is 3.43. The zero-order chi connectivity index (χ0) is 12.8. The average molecular weight is 257 g/mol. The molecular weight excluding hydrogens is 246 g/mol. The van der Waals surface area contributed by atoms with E-state index in [-0.39, 0.29) is 17.9 Å². The highest BCUT2D eigenvalue weighted by atomic mass is 32.2. The number of carbonyl (C=O) groups is 1. The van der Waals surface area contributed by atoms with Crippen molar-refractivity contribution in [1.82, 2.24) is 0 Å². The molecule has 0 saturated carbocycles. The maximum atomic E-state index is 10.9. The molecule has 1 aromatic carbocycles. The van der Waals surface area contributed by atoms with Crippen molar-refractivity contribution in [3.63, 3.8) is 0 Å². The first-order chi connectivity index (χ1) is 8.07. The van der Waals surface area contributed by atoms with Crippen molar-refractivity contribution in [3.05, 3.63) is 33.9 Å². The second-order valence-electron chi connectivity index (χ2n) is 3.14. The van der Waals surface area contributed by atoms with Crippen molar-refractivity contribution in [3.8, 4) is 0 Å². The minimum absolute atomic E-state index is 0.000576. The van der Waals surface area contributed by atoms with E-state index < -0.39 is 10.9 Å². The number of aromatic carboxylic acids is 1. The van der Waals surface area contributed by atoms with Crippen molar-refractivity contribution in [2.24, 2.45) is 0 Å². The predicted octanol–water partition coefficient (Wildman–Crippen LogP) is 1.77. The molecule has 92 valence electrons. The lowest BCUT2D eigenvalue weighted by Crippen LogP contribution is -2.04. The van der Waals surface area contributed by atoms with Gasteiger partial charge < -0.3 is 10.2 Å². The second-order valence-corrected chi connectivity index (χ2v) is 4.28. The van der Waals surface area contributed by atoms with Crippen molar-refractivity contribution in [2.45, 2.75) is 11.3 Å². The van der Waals surface area contributed by atoms with E-state index in [4.69, 9.17) is 10.2 Å². The van der Waals surface area contributed by atoms with Crippen LogP contribution in [-0.4, -0.2) is 33.5 Å². The SMILES string of the molecule is O=C(O)c1cccc(SCCCO)c1[N+](=O)[O-]. The van der Waals surface area contributed by atoms with Gasteiger partial charge in [-0.15, -0.1) is 11.8 Å². The molecule has 0 fully saturated rings. The summed E-state index contributed by atoms with van der Waals surface area (Å²) in [5.41, 5.74) is -0.702. The van der Waals surface area contributed by atoms with E-state index in [2.05, 4.69) is 0 Å². The summed E-state index contributed by atoms with van der Waals surface area (Å²) >= 11 is 1.17. The first-order valence-electron chi connectivity index (χ1n) is 4.82. The van der Waals surface area contributed by atoms with Gasteiger partial charge in [0.1, 0.15) is 5.56 Å². The first-order valence-corrected chi connectivity index (χ1v) is 5.81. The maximum absolute atomic E-state index is 10.9. The highest BCUT2D eigenvalue weighted by Gasteiger charge is 2.23. The van der Waals surface area contributed by atoms with Crippen LogP contribution < -0.4 is 0 Å². The average Bonchev–Trinajstić information content (AvgIpc) is 2.28. The molecule has 0 bridgehead atoms. The Kier molecular flexibility index (Phi) is 4.92. The molecule has 0 atom stereocenters. The third-order valence-corrected chi connectivity index (χ3v) is 3.11. The molecule has 0 spiro atoms. The summed E-state index contributed by atoms with van der Waals surface area (Å²) in [6, 6.07) is 4.18. The summed E-state index contributed by atoms with van der Waals surface area (Å²) in [6.07, 6.45) is 0.499. The van der Waals surface area contributed by atoms with Gasteiger partial charge in [-0.3, -0.25) is 10.1 Å². The Morgan fingerprint density at radius 3 is 2.71 bits per heavy atom. The highest BCUT2D eigenvalue weighted by Crippen LogP contribution is 2.32. The number of nitrogens with zero attached hydrogens (tertiary/aromatic N) is 1. The van der Waals surface area contributed by atoms with E-state index in [1.165, 1.54) is 30.0 Å². The number of hydrogen-bond donors (Lipinski definition) is 2. The Morgan fingerprint density at radius 1 is 1.47 bits per heavy atom. The molecule has 1 aromatic rings. The van der Waals surface area contributed by atoms with Crippen LogP contribution in [-0.2, 0) is 0 Å². The number of aliphatic hydroxyl groups is 1. The van der Waals surface area contributed by atoms with Gasteiger partial charge in [0.2, 0.25) is 0 Å². The summed E-state index contributed by atoms with van der Waals surface area (Å²) < 4.78 is 0. The van der Waals surface area contributed by atoms with Crippen LogP contribution in [0.25, 0.3) is 0 Å². The third-order valence-electron chi connectivity index (χ3n) is 1.97. The zero-order valence-electron chi connectivity index (χ0n) is 8.83. The molecule has 7 heteroatoms. The Morgan fingerprint density at radius 2 is 2.18 bits per heavy atom. The van der Waals surface area contributed by atoms with Gasteiger partial charge >= 0.3 is 5.97 Å². The Labute approximate surface area is 101 Å². The number of nitro benzene ring substituents is 1. The van der Waals surface area contributed by atoms with Crippen LogP contribution in [0.3, 0.4) is 0 Å². The minimum Gasteiger partial charge on any atom is -0.477 e. The van der Waals surface area contributed by atoms with Gasteiger partial charge in [0.25, 0.3) is 5.69 Å². The van der Waals surface area contributed by atoms with Gasteiger partial charge in [-0.2, -0.15) is 0 Å². The number of aliphatic hydroxyl groups excluding tert-OH is 1. The largest absolute Gasteiger partial charge is 0.477 e. The molecule has 0 aliphatic carbocycles. The lowest BCUT2D eigenvalue weighted by atomic mass is 10.2. The Balaban J connectivity index is 3.07. The lowest BCUT2D eigenvalue weighted by molar-refractivity contribution is -0.388. The van der Waals surface area contributed by atoms with Crippen LogP contribution in [0.4, 0.5) is 5.69 Å². The molecule has 0 heterocycles. The number of carboxylic acids is 1. The fourth-order valence-corrected chi connectivity index (χ4v) is 2.24. The molecule has 1 rings (SSSR count). The topological polar surface area (TPSA) is 101 Å². The summed E-state index contributed by atoms with van der Waals surface area (Å²) in [7, 11) is 0. The van der Waals surface area contributed by atoms with Gasteiger partial charge in [0.15, 0.2) is 0 Å². The highest BCUT2D eigenvalue weighted by molar-refractivity contribution is 7.99. The summed E-state index contributed by atoms with van der Waals surface area (Å²) in [6.45, 7) is -0.000576. The quantitative estimate of drug-likeness (QED) is 0.348.